The van der Waals surface area contributed by atoms with Gasteiger partial charge in [-0.05, 0) is 54.3 Å². The summed E-state index contributed by atoms with van der Waals surface area (Å²) >= 11 is 6.34. The predicted octanol–water partition coefficient (Wildman–Crippen LogP) is 5.55. The first-order valence-corrected chi connectivity index (χ1v) is 8.94. The topological polar surface area (TPSA) is 22.0 Å². The molecule has 0 aliphatic heterocycles. The third kappa shape index (κ3) is 2.46. The standard InChI is InChI=1S/C21H20ClNO/c1-14(15-7-5-8-15)19-13-16-9-6-12-18(22)20(16)21(24)23(19)17-10-3-2-4-11-17/h2-4,6,9-15H,5,7-8H2,1H3. The maximum Gasteiger partial charge on any atom is 0.264 e. The molecular formula is C21H20ClNO. The van der Waals surface area contributed by atoms with E-state index in [2.05, 4.69) is 13.0 Å². The number of pyridine rings is 1. The van der Waals surface area contributed by atoms with E-state index >= 15 is 0 Å². The molecule has 1 saturated carbocycles. The van der Waals surface area contributed by atoms with E-state index < -0.39 is 0 Å². The summed E-state index contributed by atoms with van der Waals surface area (Å²) in [6, 6.07) is 17.7. The van der Waals surface area contributed by atoms with Gasteiger partial charge in [0.2, 0.25) is 0 Å². The van der Waals surface area contributed by atoms with Gasteiger partial charge in [-0.3, -0.25) is 9.36 Å². The Morgan fingerprint density at radius 3 is 2.50 bits per heavy atom. The van der Waals surface area contributed by atoms with E-state index in [1.54, 1.807) is 6.07 Å². The molecule has 1 heterocycles. The maximum absolute atomic E-state index is 13.3. The van der Waals surface area contributed by atoms with Crippen LogP contribution in [0.4, 0.5) is 0 Å². The van der Waals surface area contributed by atoms with E-state index in [4.69, 9.17) is 11.6 Å². The Hall–Kier alpha value is -2.06. The molecule has 1 atom stereocenters. The highest BCUT2D eigenvalue weighted by Gasteiger charge is 2.28. The van der Waals surface area contributed by atoms with Gasteiger partial charge in [0.05, 0.1) is 10.4 Å². The minimum atomic E-state index is -0.0227. The van der Waals surface area contributed by atoms with Crippen molar-refractivity contribution in [3.63, 3.8) is 0 Å². The molecule has 1 unspecified atom stereocenters. The molecule has 2 nitrogen and oxygen atoms in total. The van der Waals surface area contributed by atoms with Gasteiger partial charge in [0.15, 0.2) is 0 Å². The van der Waals surface area contributed by atoms with Crippen LogP contribution >= 0.6 is 11.6 Å². The summed E-state index contributed by atoms with van der Waals surface area (Å²) in [7, 11) is 0. The molecule has 1 aromatic heterocycles. The van der Waals surface area contributed by atoms with Crippen molar-refractivity contribution in [1.29, 1.82) is 0 Å². The minimum absolute atomic E-state index is 0.0227. The molecule has 122 valence electrons. The molecule has 24 heavy (non-hydrogen) atoms. The van der Waals surface area contributed by atoms with Crippen LogP contribution < -0.4 is 5.56 Å². The Labute approximate surface area is 146 Å². The number of rotatable bonds is 3. The third-order valence-corrected chi connectivity index (χ3v) is 5.68. The molecule has 1 fully saturated rings. The first kappa shape index (κ1) is 15.5. The number of nitrogens with zero attached hydrogens (tertiary/aromatic N) is 1. The number of benzene rings is 2. The van der Waals surface area contributed by atoms with Crippen LogP contribution in [-0.4, -0.2) is 4.57 Å². The van der Waals surface area contributed by atoms with Crippen molar-refractivity contribution in [2.75, 3.05) is 0 Å². The lowest BCUT2D eigenvalue weighted by Crippen LogP contribution is -2.27. The summed E-state index contributed by atoms with van der Waals surface area (Å²) in [6.45, 7) is 2.24. The van der Waals surface area contributed by atoms with Crippen LogP contribution in [0, 0.1) is 5.92 Å². The summed E-state index contributed by atoms with van der Waals surface area (Å²) in [5.74, 6) is 1.02. The highest BCUT2D eigenvalue weighted by atomic mass is 35.5. The van der Waals surface area contributed by atoms with Crippen molar-refractivity contribution >= 4 is 22.4 Å². The number of hydrogen-bond donors (Lipinski definition) is 0. The highest BCUT2D eigenvalue weighted by molar-refractivity contribution is 6.35. The summed E-state index contributed by atoms with van der Waals surface area (Å²) in [6.07, 6.45) is 3.79. The second kappa shape index (κ2) is 6.10. The zero-order chi connectivity index (χ0) is 16.7. The van der Waals surface area contributed by atoms with E-state index in [0.29, 0.717) is 22.2 Å². The van der Waals surface area contributed by atoms with Crippen molar-refractivity contribution < 1.29 is 0 Å². The van der Waals surface area contributed by atoms with Crippen LogP contribution in [0.3, 0.4) is 0 Å². The Balaban J connectivity index is 2.04. The van der Waals surface area contributed by atoms with Gasteiger partial charge in [0.25, 0.3) is 5.56 Å². The quantitative estimate of drug-likeness (QED) is 0.614. The summed E-state index contributed by atoms with van der Waals surface area (Å²) in [5.41, 5.74) is 1.97. The molecule has 3 aromatic rings. The lowest BCUT2D eigenvalue weighted by atomic mass is 9.75. The van der Waals surface area contributed by atoms with E-state index in [-0.39, 0.29) is 5.56 Å². The normalized spacial score (nSPS) is 16.1. The SMILES string of the molecule is CC(c1cc2cccc(Cl)c2c(=O)n1-c1ccccc1)C1CCC1. The lowest BCUT2D eigenvalue weighted by Gasteiger charge is -2.33. The van der Waals surface area contributed by atoms with Crippen LogP contribution in [0.2, 0.25) is 5.02 Å². The molecule has 0 saturated heterocycles. The fraction of sp³-hybridized carbons (Fsp3) is 0.286. The average molecular weight is 338 g/mol. The first-order chi connectivity index (χ1) is 11.7. The lowest BCUT2D eigenvalue weighted by molar-refractivity contribution is 0.267. The van der Waals surface area contributed by atoms with Crippen molar-refractivity contribution in [3.05, 3.63) is 75.7 Å². The number of fused-ring (bicyclic) bond motifs is 1. The van der Waals surface area contributed by atoms with Crippen molar-refractivity contribution in [1.82, 2.24) is 4.57 Å². The summed E-state index contributed by atoms with van der Waals surface area (Å²) < 4.78 is 1.86. The van der Waals surface area contributed by atoms with Gasteiger partial charge < -0.3 is 0 Å². The molecular weight excluding hydrogens is 318 g/mol. The van der Waals surface area contributed by atoms with Gasteiger partial charge >= 0.3 is 0 Å². The molecule has 2 aromatic carbocycles. The third-order valence-electron chi connectivity index (χ3n) is 5.36. The van der Waals surface area contributed by atoms with E-state index in [1.807, 2.05) is 47.0 Å². The second-order valence-electron chi connectivity index (χ2n) is 6.73. The molecule has 0 amide bonds. The van der Waals surface area contributed by atoms with Gasteiger partial charge in [0.1, 0.15) is 0 Å². The van der Waals surface area contributed by atoms with E-state index in [0.717, 1.165) is 16.8 Å². The molecule has 0 spiro atoms. The summed E-state index contributed by atoms with van der Waals surface area (Å²) in [4.78, 5) is 13.3. The van der Waals surface area contributed by atoms with Crippen LogP contribution in [-0.2, 0) is 0 Å². The van der Waals surface area contributed by atoms with Crippen molar-refractivity contribution in [3.8, 4) is 5.69 Å². The molecule has 3 heteroatoms. The Bertz CT molecular complexity index is 941. The first-order valence-electron chi connectivity index (χ1n) is 8.56. The highest BCUT2D eigenvalue weighted by Crippen LogP contribution is 2.40. The van der Waals surface area contributed by atoms with Gasteiger partial charge in [-0.2, -0.15) is 0 Å². The molecule has 0 radical (unpaired) electrons. The van der Waals surface area contributed by atoms with Gasteiger partial charge in [-0.25, -0.2) is 0 Å². The predicted molar refractivity (Wildman–Crippen MR) is 100 cm³/mol. The van der Waals surface area contributed by atoms with Crippen LogP contribution in [0.5, 0.6) is 0 Å². The number of hydrogen-bond acceptors (Lipinski definition) is 1. The molecule has 0 bridgehead atoms. The molecule has 4 rings (SSSR count). The van der Waals surface area contributed by atoms with Gasteiger partial charge in [-0.1, -0.05) is 55.3 Å². The molecule has 0 N–H and O–H groups in total. The smallest absolute Gasteiger partial charge is 0.264 e. The Morgan fingerprint density at radius 1 is 1.08 bits per heavy atom. The van der Waals surface area contributed by atoms with Crippen molar-refractivity contribution in [2.24, 2.45) is 5.92 Å². The zero-order valence-electron chi connectivity index (χ0n) is 13.7. The largest absolute Gasteiger partial charge is 0.280 e. The van der Waals surface area contributed by atoms with Crippen LogP contribution in [0.15, 0.2) is 59.4 Å². The maximum atomic E-state index is 13.3. The van der Waals surface area contributed by atoms with Crippen LogP contribution in [0.1, 0.15) is 37.8 Å². The zero-order valence-corrected chi connectivity index (χ0v) is 14.5. The number of para-hydroxylation sites is 1. The van der Waals surface area contributed by atoms with Crippen molar-refractivity contribution in [2.45, 2.75) is 32.1 Å². The number of halogens is 1. The molecule has 1 aliphatic rings. The van der Waals surface area contributed by atoms with E-state index in [1.165, 1.54) is 19.3 Å². The minimum Gasteiger partial charge on any atom is -0.280 e. The monoisotopic (exact) mass is 337 g/mol. The summed E-state index contributed by atoms with van der Waals surface area (Å²) in [5, 5.41) is 2.05. The fourth-order valence-electron chi connectivity index (χ4n) is 3.70. The van der Waals surface area contributed by atoms with E-state index in [9.17, 15) is 4.79 Å². The van der Waals surface area contributed by atoms with Gasteiger partial charge in [-0.15, -0.1) is 0 Å². The fourth-order valence-corrected chi connectivity index (χ4v) is 3.96. The van der Waals surface area contributed by atoms with Gasteiger partial charge in [0, 0.05) is 11.4 Å². The second-order valence-corrected chi connectivity index (χ2v) is 7.14. The number of aromatic nitrogens is 1. The molecule has 1 aliphatic carbocycles. The Morgan fingerprint density at radius 2 is 1.83 bits per heavy atom. The van der Waals surface area contributed by atoms with Crippen LogP contribution in [0.25, 0.3) is 16.5 Å². The average Bonchev–Trinajstić information content (AvgIpc) is 2.53. The Kier molecular flexibility index (Phi) is 3.93.